The Morgan fingerprint density at radius 1 is 0.650 bits per heavy atom. The minimum Gasteiger partial charge on any atom is -0.493 e. The van der Waals surface area contributed by atoms with Gasteiger partial charge in [-0.1, -0.05) is 104 Å². The zero-order valence-corrected chi connectivity index (χ0v) is 27.4. The average molecular weight is 588 g/mol. The van der Waals surface area contributed by atoms with Gasteiger partial charge in [0.1, 0.15) is 0 Å². The van der Waals surface area contributed by atoms with Crippen molar-refractivity contribution in [3.8, 4) is 0 Å². The molecule has 2 aromatic rings. The summed E-state index contributed by atoms with van der Waals surface area (Å²) in [6, 6.07) is 17.3. The molecule has 3 rings (SSSR count). The van der Waals surface area contributed by atoms with Gasteiger partial charge in [0.2, 0.25) is 11.4 Å². The summed E-state index contributed by atoms with van der Waals surface area (Å²) in [7, 11) is 0. The Hall–Kier alpha value is -1.99. The van der Waals surface area contributed by atoms with Crippen LogP contribution in [0.3, 0.4) is 0 Å². The van der Waals surface area contributed by atoms with E-state index in [1.807, 2.05) is 0 Å². The fraction of sp³-hybridized carbons (Fsp3) is 0.514. The number of unbranched alkanes of at least 4 members (excludes halogenated alkanes) is 7. The Balaban J connectivity index is 0.00000149. The van der Waals surface area contributed by atoms with Gasteiger partial charge in [0, 0.05) is 22.3 Å². The molecule has 0 saturated heterocycles. The predicted octanol–water partition coefficient (Wildman–Crippen LogP) is 12.0. The SMILES string of the molecule is CCCCCCCCC1=C(c2cccc(CC)c2)[N+](=[N-])C(c2cccc(CC)c2)=C1C.[CH2-]CCC.[CH2-]CCC.[Ni+2]. The molecule has 0 fully saturated rings. The van der Waals surface area contributed by atoms with E-state index in [1.165, 1.54) is 78.3 Å². The van der Waals surface area contributed by atoms with Crippen LogP contribution < -0.4 is 0 Å². The first-order valence-electron chi connectivity index (χ1n) is 15.6. The Labute approximate surface area is 258 Å². The number of hydrogen-bond acceptors (Lipinski definition) is 0. The van der Waals surface area contributed by atoms with Crippen LogP contribution in [0, 0.1) is 13.8 Å². The van der Waals surface area contributed by atoms with Crippen LogP contribution in [0.1, 0.15) is 134 Å². The van der Waals surface area contributed by atoms with Gasteiger partial charge in [-0.25, -0.2) is 4.70 Å². The number of benzene rings is 2. The third-order valence-electron chi connectivity index (χ3n) is 7.22. The van der Waals surface area contributed by atoms with Crippen LogP contribution >= 0.6 is 0 Å². The first-order chi connectivity index (χ1) is 18.9. The van der Waals surface area contributed by atoms with Crippen molar-refractivity contribution in [1.29, 1.82) is 0 Å². The average Bonchev–Trinajstić information content (AvgIpc) is 3.23. The maximum absolute atomic E-state index is 11.4. The van der Waals surface area contributed by atoms with Gasteiger partial charge in [0.15, 0.2) is 0 Å². The molecule has 0 bridgehead atoms. The summed E-state index contributed by atoms with van der Waals surface area (Å²) >= 11 is 0. The zero-order chi connectivity index (χ0) is 29.0. The van der Waals surface area contributed by atoms with E-state index in [4.69, 9.17) is 0 Å². The van der Waals surface area contributed by atoms with Crippen molar-refractivity contribution in [3.63, 3.8) is 0 Å². The summed E-state index contributed by atoms with van der Waals surface area (Å²) in [5.74, 6) is 0. The third kappa shape index (κ3) is 12.3. The molecule has 40 heavy (non-hydrogen) atoms. The van der Waals surface area contributed by atoms with E-state index >= 15 is 0 Å². The van der Waals surface area contributed by atoms with Crippen LogP contribution in [0.25, 0.3) is 16.9 Å². The predicted molar refractivity (Wildman–Crippen MR) is 173 cm³/mol. The summed E-state index contributed by atoms with van der Waals surface area (Å²) < 4.78 is 1.46. The molecule has 224 valence electrons. The molecule has 0 N–H and O–H groups in total. The van der Waals surface area contributed by atoms with Crippen molar-refractivity contribution in [3.05, 3.63) is 101 Å². The molecule has 0 unspecified atom stereocenters. The number of hydrogen-bond donors (Lipinski definition) is 0. The molecule has 0 amide bonds. The van der Waals surface area contributed by atoms with E-state index in [2.05, 4.69) is 104 Å². The maximum atomic E-state index is 11.4. The Kier molecular flexibility index (Phi) is 21.5. The molecule has 3 heteroatoms. The number of rotatable bonds is 13. The molecule has 0 spiro atoms. The quantitative estimate of drug-likeness (QED) is 0.0964. The van der Waals surface area contributed by atoms with Gasteiger partial charge in [-0.05, 0) is 68.0 Å². The molecule has 0 saturated carbocycles. The molecule has 0 atom stereocenters. The number of nitrogens with zero attached hydrogens (tertiary/aromatic N) is 2. The van der Waals surface area contributed by atoms with E-state index in [1.54, 1.807) is 0 Å². The molecule has 2 nitrogen and oxygen atoms in total. The Morgan fingerprint density at radius 3 is 1.55 bits per heavy atom. The molecular weight excluding hydrogens is 531 g/mol. The van der Waals surface area contributed by atoms with Gasteiger partial charge in [0.05, 0.1) is 0 Å². The summed E-state index contributed by atoms with van der Waals surface area (Å²) in [6.45, 7) is 20.2. The topological polar surface area (TPSA) is 25.3 Å². The molecule has 0 radical (unpaired) electrons. The smallest absolute Gasteiger partial charge is 0.493 e. The standard InChI is InChI=1S/C29H38N2.2C4H9.Ni/c1-5-8-9-10-11-12-19-27-22(4)28(25-17-13-15-23(6-2)20-25)31(30)29(27)26-18-14-16-24(7-3)21-26;2*1-3-4-2;/h13-18,20-21H,5-12,19H2,1-4H3;2*1,3-4H2,2H3;/q;2*-1;+2. The molecule has 1 aliphatic rings. The van der Waals surface area contributed by atoms with Crippen molar-refractivity contribution in [2.45, 2.75) is 125 Å². The normalized spacial score (nSPS) is 12.4. The van der Waals surface area contributed by atoms with Crippen LogP contribution in [-0.4, -0.2) is 4.70 Å². The minimum absolute atomic E-state index is 0. The van der Waals surface area contributed by atoms with Crippen LogP contribution in [0.2, 0.25) is 0 Å². The summed E-state index contributed by atoms with van der Waals surface area (Å²) in [5.41, 5.74) is 20.6. The van der Waals surface area contributed by atoms with Gasteiger partial charge >= 0.3 is 16.5 Å². The summed E-state index contributed by atoms with van der Waals surface area (Å²) in [6.07, 6.45) is 15.2. The van der Waals surface area contributed by atoms with E-state index in [-0.39, 0.29) is 16.5 Å². The van der Waals surface area contributed by atoms with Gasteiger partial charge in [-0.15, -0.1) is 0 Å². The molecule has 2 aromatic carbocycles. The van der Waals surface area contributed by atoms with Gasteiger partial charge in [-0.3, -0.25) is 0 Å². The summed E-state index contributed by atoms with van der Waals surface area (Å²) in [5, 5.41) is 0. The Morgan fingerprint density at radius 2 is 1.10 bits per heavy atom. The van der Waals surface area contributed by atoms with Crippen LogP contribution in [0.5, 0.6) is 0 Å². The van der Waals surface area contributed by atoms with Gasteiger partial charge < -0.3 is 19.4 Å². The van der Waals surface area contributed by atoms with E-state index in [9.17, 15) is 5.53 Å². The zero-order valence-electron chi connectivity index (χ0n) is 26.4. The van der Waals surface area contributed by atoms with Crippen molar-refractivity contribution >= 4 is 11.4 Å². The van der Waals surface area contributed by atoms with Crippen molar-refractivity contribution in [2.75, 3.05) is 0 Å². The van der Waals surface area contributed by atoms with Crippen LogP contribution in [0.4, 0.5) is 0 Å². The second kappa shape index (κ2) is 22.7. The minimum atomic E-state index is 0. The van der Waals surface area contributed by atoms with Crippen LogP contribution in [-0.2, 0) is 29.3 Å². The molecule has 0 aromatic heterocycles. The van der Waals surface area contributed by atoms with E-state index in [0.717, 1.165) is 54.6 Å². The fourth-order valence-electron chi connectivity index (χ4n) is 4.62. The molecule has 0 aliphatic carbocycles. The monoisotopic (exact) mass is 586 g/mol. The molecule has 1 aliphatic heterocycles. The maximum Gasteiger partial charge on any atom is 2.00 e. The van der Waals surface area contributed by atoms with Gasteiger partial charge in [0.25, 0.3) is 0 Å². The molecular formula is C37H56N2Ni. The number of allylic oxidation sites excluding steroid dienone is 2. The fourth-order valence-corrected chi connectivity index (χ4v) is 4.62. The largest absolute Gasteiger partial charge is 2.00 e. The van der Waals surface area contributed by atoms with E-state index in [0.29, 0.717) is 0 Å². The Bertz CT molecular complexity index is 1040. The third-order valence-corrected chi connectivity index (χ3v) is 7.22. The number of aryl methyl sites for hydroxylation is 2. The van der Waals surface area contributed by atoms with Crippen molar-refractivity contribution in [1.82, 2.24) is 0 Å². The first-order valence-corrected chi connectivity index (χ1v) is 15.6. The van der Waals surface area contributed by atoms with Crippen LogP contribution in [0.15, 0.2) is 59.7 Å². The first kappa shape index (κ1) is 38.0. The van der Waals surface area contributed by atoms with Crippen molar-refractivity contribution < 1.29 is 21.2 Å². The molecule has 1 heterocycles. The second-order valence-corrected chi connectivity index (χ2v) is 10.4. The van der Waals surface area contributed by atoms with Gasteiger partial charge in [-0.2, -0.15) is 12.8 Å². The van der Waals surface area contributed by atoms with E-state index < -0.39 is 0 Å². The second-order valence-electron chi connectivity index (χ2n) is 10.4. The summed E-state index contributed by atoms with van der Waals surface area (Å²) in [4.78, 5) is 0. The van der Waals surface area contributed by atoms with Crippen molar-refractivity contribution in [2.24, 2.45) is 0 Å².